The number of hydrogen-bond donors (Lipinski definition) is 1. The van der Waals surface area contributed by atoms with Gasteiger partial charge in [0.1, 0.15) is 6.04 Å². The third kappa shape index (κ3) is 4.70. The predicted octanol–water partition coefficient (Wildman–Crippen LogP) is 4.40. The van der Waals surface area contributed by atoms with Gasteiger partial charge >= 0.3 is 6.03 Å². The van der Waals surface area contributed by atoms with Crippen molar-refractivity contribution in [2.75, 3.05) is 16.8 Å². The van der Waals surface area contributed by atoms with Crippen molar-refractivity contribution >= 4 is 29.2 Å². The number of para-hydroxylation sites is 1. The van der Waals surface area contributed by atoms with Gasteiger partial charge < -0.3 is 10.2 Å². The lowest BCUT2D eigenvalue weighted by molar-refractivity contribution is -0.122. The average Bonchev–Trinajstić information content (AvgIpc) is 3.09. The third-order valence-electron chi connectivity index (χ3n) is 5.56. The van der Waals surface area contributed by atoms with Crippen LogP contribution in [0.5, 0.6) is 0 Å². The molecule has 1 saturated heterocycles. The molecule has 1 aliphatic heterocycles. The van der Waals surface area contributed by atoms with Gasteiger partial charge in [-0.05, 0) is 43.2 Å². The maximum absolute atomic E-state index is 13.3. The van der Waals surface area contributed by atoms with Crippen molar-refractivity contribution in [1.29, 1.82) is 0 Å². The predicted molar refractivity (Wildman–Crippen MR) is 124 cm³/mol. The Morgan fingerprint density at radius 1 is 0.938 bits per heavy atom. The van der Waals surface area contributed by atoms with E-state index in [0.717, 1.165) is 11.1 Å². The van der Waals surface area contributed by atoms with Gasteiger partial charge in [0.2, 0.25) is 5.91 Å². The number of carbonyl (C=O) groups is 3. The molecule has 3 aromatic rings. The molecule has 4 rings (SSSR count). The Bertz CT molecular complexity index is 1100. The van der Waals surface area contributed by atoms with Crippen LogP contribution < -0.4 is 10.2 Å². The van der Waals surface area contributed by atoms with Crippen LogP contribution in [0.3, 0.4) is 0 Å². The van der Waals surface area contributed by atoms with Crippen LogP contribution in [-0.2, 0) is 16.0 Å². The van der Waals surface area contributed by atoms with Gasteiger partial charge in [-0.25, -0.2) is 9.69 Å². The number of hydrogen-bond acceptors (Lipinski definition) is 3. The van der Waals surface area contributed by atoms with E-state index in [1.54, 1.807) is 24.3 Å². The smallest absolute Gasteiger partial charge is 0.312 e. The van der Waals surface area contributed by atoms with E-state index in [1.165, 1.54) is 9.80 Å². The number of rotatable bonds is 6. The first-order valence-electron chi connectivity index (χ1n) is 10.6. The second kappa shape index (κ2) is 9.47. The van der Waals surface area contributed by atoms with Crippen molar-refractivity contribution in [1.82, 2.24) is 4.90 Å². The molecule has 1 unspecified atom stereocenters. The average molecular weight is 428 g/mol. The minimum Gasteiger partial charge on any atom is -0.312 e. The summed E-state index contributed by atoms with van der Waals surface area (Å²) >= 11 is 0. The number of benzene rings is 3. The number of carbonyl (C=O) groups excluding carboxylic acids is 3. The zero-order valence-electron chi connectivity index (χ0n) is 17.9. The van der Waals surface area contributed by atoms with E-state index in [1.807, 2.05) is 67.6 Å². The van der Waals surface area contributed by atoms with Gasteiger partial charge in [0.05, 0.1) is 12.1 Å². The summed E-state index contributed by atoms with van der Waals surface area (Å²) in [6.45, 7) is 2.26. The normalized spacial score (nSPS) is 15.7. The second-order valence-corrected chi connectivity index (χ2v) is 7.85. The highest BCUT2D eigenvalue weighted by Gasteiger charge is 2.44. The fourth-order valence-corrected chi connectivity index (χ4v) is 3.83. The van der Waals surface area contributed by atoms with Crippen LogP contribution >= 0.6 is 0 Å². The van der Waals surface area contributed by atoms with Gasteiger partial charge in [0, 0.05) is 12.2 Å². The molecule has 0 radical (unpaired) electrons. The molecule has 0 bridgehead atoms. The quantitative estimate of drug-likeness (QED) is 0.593. The molecule has 1 fully saturated rings. The highest BCUT2D eigenvalue weighted by molar-refractivity contribution is 6.23. The Balaban J connectivity index is 1.58. The fraction of sp³-hybridized carbons (Fsp3) is 0.192. The largest absolute Gasteiger partial charge is 0.322 e. The van der Waals surface area contributed by atoms with Crippen LogP contribution in [0.1, 0.15) is 17.5 Å². The highest BCUT2D eigenvalue weighted by atomic mass is 16.2. The molecule has 0 spiro atoms. The van der Waals surface area contributed by atoms with E-state index >= 15 is 0 Å². The molecular formula is C26H25N3O3. The monoisotopic (exact) mass is 427 g/mol. The first kappa shape index (κ1) is 21.3. The van der Waals surface area contributed by atoms with E-state index in [9.17, 15) is 14.4 Å². The first-order chi connectivity index (χ1) is 15.5. The molecule has 1 atom stereocenters. The van der Waals surface area contributed by atoms with Crippen molar-refractivity contribution in [2.24, 2.45) is 0 Å². The van der Waals surface area contributed by atoms with Crippen molar-refractivity contribution < 1.29 is 14.4 Å². The Morgan fingerprint density at radius 3 is 2.22 bits per heavy atom. The molecule has 1 N–H and O–H groups in total. The zero-order chi connectivity index (χ0) is 22.5. The van der Waals surface area contributed by atoms with Crippen LogP contribution in [0, 0.1) is 6.92 Å². The van der Waals surface area contributed by atoms with Crippen LogP contribution in [0.4, 0.5) is 16.2 Å². The van der Waals surface area contributed by atoms with Gasteiger partial charge in [-0.3, -0.25) is 9.59 Å². The van der Waals surface area contributed by atoms with E-state index in [-0.39, 0.29) is 18.2 Å². The summed E-state index contributed by atoms with van der Waals surface area (Å²) in [6, 6.07) is 24.8. The van der Waals surface area contributed by atoms with Crippen molar-refractivity contribution in [2.45, 2.75) is 25.8 Å². The van der Waals surface area contributed by atoms with Crippen molar-refractivity contribution in [3.8, 4) is 0 Å². The lowest BCUT2D eigenvalue weighted by Crippen LogP contribution is -2.48. The summed E-state index contributed by atoms with van der Waals surface area (Å²) in [6.07, 6.45) is 0.537. The summed E-state index contributed by atoms with van der Waals surface area (Å²) in [4.78, 5) is 41.9. The minimum atomic E-state index is -0.851. The number of anilines is 2. The lowest BCUT2D eigenvalue weighted by Gasteiger charge is -2.28. The van der Waals surface area contributed by atoms with E-state index < -0.39 is 12.1 Å². The number of nitrogens with one attached hydrogen (secondary N) is 1. The van der Waals surface area contributed by atoms with Crippen LogP contribution in [-0.4, -0.2) is 35.3 Å². The van der Waals surface area contributed by atoms with Crippen molar-refractivity contribution in [3.63, 3.8) is 0 Å². The van der Waals surface area contributed by atoms with E-state index in [2.05, 4.69) is 5.32 Å². The third-order valence-corrected chi connectivity index (χ3v) is 5.56. The zero-order valence-corrected chi connectivity index (χ0v) is 17.9. The topological polar surface area (TPSA) is 69.7 Å². The lowest BCUT2D eigenvalue weighted by atomic mass is 10.1. The van der Waals surface area contributed by atoms with Gasteiger partial charge in [-0.2, -0.15) is 0 Å². The number of amides is 4. The standard InChI is InChI=1S/C26H25N3O3/c1-19-12-14-22(15-13-19)29-24(30)18-23(25(29)31)28(17-16-20-8-4-2-5-9-20)26(32)27-21-10-6-3-7-11-21/h2-15,23H,16-18H2,1H3,(H,27,32). The Kier molecular flexibility index (Phi) is 6.31. The molecule has 4 amide bonds. The SMILES string of the molecule is Cc1ccc(N2C(=O)CC(N(CCc3ccccc3)C(=O)Nc3ccccc3)C2=O)cc1. The Morgan fingerprint density at radius 2 is 1.56 bits per heavy atom. The molecule has 6 nitrogen and oxygen atoms in total. The Hall–Kier alpha value is -3.93. The van der Waals surface area contributed by atoms with Gasteiger partial charge in [-0.15, -0.1) is 0 Å². The molecule has 3 aromatic carbocycles. The second-order valence-electron chi connectivity index (χ2n) is 7.85. The maximum Gasteiger partial charge on any atom is 0.322 e. The molecule has 6 heteroatoms. The molecule has 0 saturated carbocycles. The molecule has 32 heavy (non-hydrogen) atoms. The maximum atomic E-state index is 13.3. The summed E-state index contributed by atoms with van der Waals surface area (Å²) in [7, 11) is 0. The molecule has 0 aliphatic carbocycles. The van der Waals surface area contributed by atoms with Gasteiger partial charge in [-0.1, -0.05) is 66.2 Å². The molecule has 162 valence electrons. The number of nitrogens with zero attached hydrogens (tertiary/aromatic N) is 2. The number of imide groups is 1. The summed E-state index contributed by atoms with van der Waals surface area (Å²) in [5, 5.41) is 2.86. The van der Waals surface area contributed by atoms with Crippen LogP contribution in [0.15, 0.2) is 84.9 Å². The van der Waals surface area contributed by atoms with E-state index in [0.29, 0.717) is 24.3 Å². The molecular weight excluding hydrogens is 402 g/mol. The van der Waals surface area contributed by atoms with Gasteiger partial charge in [0.25, 0.3) is 5.91 Å². The molecule has 0 aromatic heterocycles. The van der Waals surface area contributed by atoms with Crippen LogP contribution in [0.25, 0.3) is 0 Å². The minimum absolute atomic E-state index is 0.0380. The number of urea groups is 1. The Labute approximate surface area is 187 Å². The summed E-state index contributed by atoms with van der Waals surface area (Å²) in [5.74, 6) is -0.684. The van der Waals surface area contributed by atoms with Crippen LogP contribution in [0.2, 0.25) is 0 Å². The molecule has 1 heterocycles. The summed E-state index contributed by atoms with van der Waals surface area (Å²) < 4.78 is 0. The van der Waals surface area contributed by atoms with Gasteiger partial charge in [0.15, 0.2) is 0 Å². The highest BCUT2D eigenvalue weighted by Crippen LogP contribution is 2.27. The molecule has 1 aliphatic rings. The summed E-state index contributed by atoms with van der Waals surface area (Å²) in [5.41, 5.74) is 3.25. The number of aryl methyl sites for hydroxylation is 1. The van der Waals surface area contributed by atoms with Crippen molar-refractivity contribution in [3.05, 3.63) is 96.1 Å². The fourth-order valence-electron chi connectivity index (χ4n) is 3.83. The first-order valence-corrected chi connectivity index (χ1v) is 10.6. The van der Waals surface area contributed by atoms with E-state index in [4.69, 9.17) is 0 Å².